The number of benzene rings is 3. The highest BCUT2D eigenvalue weighted by atomic mass is 16.5. The minimum atomic E-state index is -0.697. The van der Waals surface area contributed by atoms with Crippen LogP contribution in [0.2, 0.25) is 0 Å². The summed E-state index contributed by atoms with van der Waals surface area (Å²) in [4.78, 5) is 52.5. The summed E-state index contributed by atoms with van der Waals surface area (Å²) in [6.07, 6.45) is 4.45. The van der Waals surface area contributed by atoms with E-state index in [0.29, 0.717) is 17.7 Å². The van der Waals surface area contributed by atoms with Crippen molar-refractivity contribution in [2.24, 2.45) is 17.8 Å². The van der Waals surface area contributed by atoms with Gasteiger partial charge in [-0.05, 0) is 41.7 Å². The molecule has 6 heteroatoms. The van der Waals surface area contributed by atoms with E-state index in [-0.39, 0.29) is 40.9 Å². The summed E-state index contributed by atoms with van der Waals surface area (Å²) < 4.78 is 5.26. The molecule has 1 aliphatic heterocycles. The Morgan fingerprint density at radius 2 is 1.58 bits per heavy atom. The number of anilines is 1. The molecule has 0 bridgehead atoms. The third kappa shape index (κ3) is 4.38. The Hall–Kier alpha value is -4.32. The number of ether oxygens (including phenoxy) is 1. The Bertz CT molecular complexity index is 1360. The van der Waals surface area contributed by atoms with Gasteiger partial charge in [-0.1, -0.05) is 79.7 Å². The number of esters is 1. The number of amides is 2. The van der Waals surface area contributed by atoms with E-state index in [4.69, 9.17) is 4.74 Å². The Morgan fingerprint density at radius 3 is 2.31 bits per heavy atom. The van der Waals surface area contributed by atoms with E-state index < -0.39 is 12.6 Å². The predicted molar refractivity (Wildman–Crippen MR) is 135 cm³/mol. The fourth-order valence-corrected chi connectivity index (χ4v) is 4.95. The van der Waals surface area contributed by atoms with Crippen molar-refractivity contribution in [1.82, 2.24) is 0 Å². The van der Waals surface area contributed by atoms with Gasteiger partial charge in [-0.25, -0.2) is 4.79 Å². The number of allylic oxidation sites excluding steroid dienone is 2. The third-order valence-electron chi connectivity index (χ3n) is 6.86. The van der Waals surface area contributed by atoms with Gasteiger partial charge in [-0.15, -0.1) is 0 Å². The first-order valence-electron chi connectivity index (χ1n) is 11.9. The maximum absolute atomic E-state index is 13.0. The highest BCUT2D eigenvalue weighted by Gasteiger charge is 2.50. The molecule has 180 valence electrons. The highest BCUT2D eigenvalue weighted by Crippen LogP contribution is 2.40. The Balaban J connectivity index is 1.25. The molecule has 0 spiro atoms. The molecule has 2 aliphatic rings. The molecule has 1 heterocycles. The van der Waals surface area contributed by atoms with Crippen LogP contribution in [0, 0.1) is 17.8 Å². The first-order chi connectivity index (χ1) is 17.4. The number of carbonyl (C=O) groups excluding carboxylic acids is 4. The van der Waals surface area contributed by atoms with Crippen molar-refractivity contribution >= 4 is 29.3 Å². The highest BCUT2D eigenvalue weighted by molar-refractivity contribution is 6.22. The molecule has 0 saturated carbocycles. The Labute approximate surface area is 209 Å². The van der Waals surface area contributed by atoms with Gasteiger partial charge in [0.2, 0.25) is 11.8 Å². The predicted octanol–water partition coefficient (Wildman–Crippen LogP) is 5.09. The lowest BCUT2D eigenvalue weighted by Gasteiger charge is -2.22. The smallest absolute Gasteiger partial charge is 0.338 e. The lowest BCUT2D eigenvalue weighted by molar-refractivity contribution is -0.122. The molecule has 0 N–H and O–H groups in total. The number of imide groups is 1. The van der Waals surface area contributed by atoms with Gasteiger partial charge >= 0.3 is 5.97 Å². The molecule has 5 rings (SSSR count). The van der Waals surface area contributed by atoms with Crippen LogP contribution in [0.1, 0.15) is 34.1 Å². The number of Topliss-reactive ketones (excluding diaryl/α,β-unsaturated/α-hetero) is 1. The average Bonchev–Trinajstić information content (AvgIpc) is 3.18. The minimum absolute atomic E-state index is 0.0221. The van der Waals surface area contributed by atoms with Gasteiger partial charge in [0.15, 0.2) is 12.4 Å². The zero-order valence-corrected chi connectivity index (χ0v) is 19.8. The van der Waals surface area contributed by atoms with Crippen molar-refractivity contribution in [3.8, 4) is 11.1 Å². The first kappa shape index (κ1) is 23.4. The number of nitrogens with zero attached hydrogens (tertiary/aromatic N) is 1. The summed E-state index contributed by atoms with van der Waals surface area (Å²) in [5.41, 5.74) is 2.97. The number of carbonyl (C=O) groups is 4. The van der Waals surface area contributed by atoms with Gasteiger partial charge in [-0.2, -0.15) is 0 Å². The molecular formula is C30H25NO5. The van der Waals surface area contributed by atoms with Crippen LogP contribution in [0.3, 0.4) is 0 Å². The van der Waals surface area contributed by atoms with Gasteiger partial charge in [0.05, 0.1) is 23.1 Å². The topological polar surface area (TPSA) is 80.8 Å². The van der Waals surface area contributed by atoms with Gasteiger partial charge in [0.1, 0.15) is 0 Å². The minimum Gasteiger partial charge on any atom is -0.454 e. The molecule has 1 aliphatic carbocycles. The van der Waals surface area contributed by atoms with Crippen LogP contribution in [-0.4, -0.2) is 30.2 Å². The number of hydrogen-bond acceptors (Lipinski definition) is 5. The van der Waals surface area contributed by atoms with Gasteiger partial charge in [0.25, 0.3) is 0 Å². The van der Waals surface area contributed by atoms with Crippen molar-refractivity contribution in [2.45, 2.75) is 13.3 Å². The lowest BCUT2D eigenvalue weighted by atomic mass is 9.78. The number of hydrogen-bond donors (Lipinski definition) is 0. The molecule has 6 nitrogen and oxygen atoms in total. The first-order valence-corrected chi connectivity index (χ1v) is 11.9. The van der Waals surface area contributed by atoms with Crippen LogP contribution < -0.4 is 4.90 Å². The molecule has 1 fully saturated rings. The molecular weight excluding hydrogens is 454 g/mol. The summed E-state index contributed by atoms with van der Waals surface area (Å²) in [5.74, 6) is -2.30. The summed E-state index contributed by atoms with van der Waals surface area (Å²) >= 11 is 0. The van der Waals surface area contributed by atoms with Crippen LogP contribution in [0.5, 0.6) is 0 Å². The molecule has 1 saturated heterocycles. The van der Waals surface area contributed by atoms with Crippen molar-refractivity contribution in [3.05, 3.63) is 102 Å². The molecule has 0 aromatic heterocycles. The normalized spacial score (nSPS) is 20.8. The number of rotatable bonds is 6. The number of fused-ring (bicyclic) bond motifs is 1. The summed E-state index contributed by atoms with van der Waals surface area (Å²) in [5, 5.41) is 0. The Morgan fingerprint density at radius 1 is 0.861 bits per heavy atom. The van der Waals surface area contributed by atoms with E-state index in [1.54, 1.807) is 24.3 Å². The monoisotopic (exact) mass is 479 g/mol. The Kier molecular flexibility index (Phi) is 6.34. The molecule has 36 heavy (non-hydrogen) atoms. The molecule has 3 aromatic rings. The second-order valence-corrected chi connectivity index (χ2v) is 9.16. The van der Waals surface area contributed by atoms with E-state index in [9.17, 15) is 19.2 Å². The molecule has 3 atom stereocenters. The van der Waals surface area contributed by atoms with Crippen molar-refractivity contribution < 1.29 is 23.9 Å². The van der Waals surface area contributed by atoms with Crippen molar-refractivity contribution in [1.29, 1.82) is 0 Å². The molecule has 3 aromatic carbocycles. The maximum Gasteiger partial charge on any atom is 0.338 e. The third-order valence-corrected chi connectivity index (χ3v) is 6.86. The van der Waals surface area contributed by atoms with Crippen molar-refractivity contribution in [2.75, 3.05) is 11.5 Å². The molecule has 0 radical (unpaired) electrons. The standard InChI is InChI=1S/C30H25NO5/c1-19-7-5-12-25-27(19)29(34)31(28(25)33)24-11-6-10-23(17-24)30(35)36-18-26(32)22-15-13-21(14-16-22)20-8-3-2-4-9-20/h2-11,13-17,19,25,27H,12,18H2,1H3/t19-,25+,27+/m1/s1. The fourth-order valence-electron chi connectivity index (χ4n) is 4.95. The van der Waals surface area contributed by atoms with E-state index >= 15 is 0 Å². The summed E-state index contributed by atoms with van der Waals surface area (Å²) in [7, 11) is 0. The van der Waals surface area contributed by atoms with Crippen LogP contribution in [-0.2, 0) is 14.3 Å². The van der Waals surface area contributed by atoms with Crippen LogP contribution >= 0.6 is 0 Å². The van der Waals surface area contributed by atoms with E-state index in [1.165, 1.54) is 17.0 Å². The van der Waals surface area contributed by atoms with Crippen molar-refractivity contribution in [3.63, 3.8) is 0 Å². The second kappa shape index (κ2) is 9.74. The summed E-state index contributed by atoms with van der Waals surface area (Å²) in [6, 6.07) is 23.2. The number of ketones is 1. The quantitative estimate of drug-likeness (QED) is 0.213. The zero-order chi connectivity index (χ0) is 25.2. The van der Waals surface area contributed by atoms with E-state index in [0.717, 1.165) is 11.1 Å². The average molecular weight is 480 g/mol. The molecule has 0 unspecified atom stereocenters. The van der Waals surface area contributed by atoms with Crippen LogP contribution in [0.15, 0.2) is 91.0 Å². The van der Waals surface area contributed by atoms with Gasteiger partial charge in [-0.3, -0.25) is 19.3 Å². The van der Waals surface area contributed by atoms with E-state index in [2.05, 4.69) is 0 Å². The lowest BCUT2D eigenvalue weighted by Crippen LogP contribution is -2.31. The zero-order valence-electron chi connectivity index (χ0n) is 19.8. The molecule has 2 amide bonds. The fraction of sp³-hybridized carbons (Fsp3) is 0.200. The second-order valence-electron chi connectivity index (χ2n) is 9.16. The summed E-state index contributed by atoms with van der Waals surface area (Å²) in [6.45, 7) is 1.52. The van der Waals surface area contributed by atoms with Crippen LogP contribution in [0.25, 0.3) is 11.1 Å². The van der Waals surface area contributed by atoms with Gasteiger partial charge in [0, 0.05) is 5.56 Å². The SMILES string of the molecule is C[C@@H]1C=CC[C@@H]2C(=O)N(c3cccc(C(=O)OCC(=O)c4ccc(-c5ccccc5)cc4)c3)C(=O)[C@@H]12. The largest absolute Gasteiger partial charge is 0.454 e. The van der Waals surface area contributed by atoms with Crippen LogP contribution in [0.4, 0.5) is 5.69 Å². The van der Waals surface area contributed by atoms with E-state index in [1.807, 2.05) is 61.5 Å². The van der Waals surface area contributed by atoms with Gasteiger partial charge < -0.3 is 4.74 Å². The maximum atomic E-state index is 13.0.